The molecule has 0 radical (unpaired) electrons. The summed E-state index contributed by atoms with van der Waals surface area (Å²) in [5.41, 5.74) is 13.1. The minimum atomic E-state index is -1.90. The first-order valence-corrected chi connectivity index (χ1v) is 39.0. The normalized spacial score (nSPS) is 15.1. The maximum Gasteiger partial charge on any atom is 0.326 e. The topological polar surface area (TPSA) is 533 Å². The molecule has 0 aromatic heterocycles. The number of amides is 13. The van der Waals surface area contributed by atoms with Crippen molar-refractivity contribution in [2.24, 2.45) is 41.1 Å². The number of thioether (sulfide) groups is 1. The van der Waals surface area contributed by atoms with E-state index in [0.29, 0.717) is 28.9 Å². The highest BCUT2D eigenvalue weighted by molar-refractivity contribution is 7.98. The molecule has 3 rings (SSSR count). The molecule has 0 aliphatic carbocycles. The van der Waals surface area contributed by atoms with Gasteiger partial charge >= 0.3 is 11.9 Å². The van der Waals surface area contributed by atoms with Crippen LogP contribution in [0.3, 0.4) is 0 Å². The van der Waals surface area contributed by atoms with E-state index < -0.39 is 193 Å². The number of carboxylic acids is 2. The summed E-state index contributed by atoms with van der Waals surface area (Å²) in [5, 5.41) is 70.9. The summed E-state index contributed by atoms with van der Waals surface area (Å²) >= 11 is 5.67. The first-order chi connectivity index (χ1) is 52.3. The molecule has 0 aliphatic rings. The van der Waals surface area contributed by atoms with E-state index in [1.54, 1.807) is 129 Å². The Morgan fingerprint density at radius 2 is 0.766 bits per heavy atom. The van der Waals surface area contributed by atoms with Gasteiger partial charge in [-0.25, -0.2) is 4.79 Å². The van der Waals surface area contributed by atoms with Crippen molar-refractivity contribution in [1.29, 1.82) is 0 Å². The fourth-order valence-electron chi connectivity index (χ4n) is 11.4. The van der Waals surface area contributed by atoms with Gasteiger partial charge < -0.3 is 95.7 Å². The molecule has 0 spiro atoms. The fourth-order valence-corrected chi connectivity index (χ4v) is 12.1. The van der Waals surface area contributed by atoms with Crippen LogP contribution in [0.15, 0.2) is 84.9 Å². The minimum Gasteiger partial charge on any atom is -0.508 e. The van der Waals surface area contributed by atoms with Crippen molar-refractivity contribution in [2.45, 2.75) is 218 Å². The summed E-state index contributed by atoms with van der Waals surface area (Å²) in [6.07, 6.45) is -0.353. The second-order valence-electron chi connectivity index (χ2n) is 29.0. The van der Waals surface area contributed by atoms with Crippen LogP contribution in [0.5, 0.6) is 5.75 Å². The van der Waals surface area contributed by atoms with Gasteiger partial charge in [-0.05, 0) is 103 Å². The quantitative estimate of drug-likeness (QED) is 0.0328. The van der Waals surface area contributed by atoms with Crippen molar-refractivity contribution in [3.8, 4) is 5.75 Å². The lowest BCUT2D eigenvalue weighted by molar-refractivity contribution is -0.143. The lowest BCUT2D eigenvalue weighted by Gasteiger charge is -2.29. The largest absolute Gasteiger partial charge is 0.508 e. The van der Waals surface area contributed by atoms with Gasteiger partial charge in [0.05, 0.1) is 19.1 Å². The van der Waals surface area contributed by atoms with Crippen LogP contribution in [0.2, 0.25) is 0 Å². The van der Waals surface area contributed by atoms with Crippen molar-refractivity contribution in [3.05, 3.63) is 102 Å². The Morgan fingerprint density at radius 3 is 1.16 bits per heavy atom. The highest BCUT2D eigenvalue weighted by Crippen LogP contribution is 2.18. The summed E-state index contributed by atoms with van der Waals surface area (Å²) in [5.74, 6) is -17.1. The molecule has 0 aliphatic heterocycles. The number of phenolic OH excluding ortho intramolecular Hbond substituents is 1. The number of aliphatic hydroxyl groups excluding tert-OH is 1. The number of primary amides is 1. The van der Waals surface area contributed by atoms with Crippen LogP contribution in [0.1, 0.15) is 137 Å². The summed E-state index contributed by atoms with van der Waals surface area (Å²) in [7, 11) is 0. The molecule has 0 unspecified atom stereocenters. The number of carbonyl (C=O) groups excluding carboxylic acids is 13. The first kappa shape index (κ1) is 95.3. The number of carboxylic acid groups (broad SMARTS) is 2. The molecule has 0 heterocycles. The van der Waals surface area contributed by atoms with E-state index in [1.165, 1.54) is 36.0 Å². The maximum absolute atomic E-state index is 14.5. The molecule has 33 nitrogen and oxygen atoms in total. The highest BCUT2D eigenvalue weighted by atomic mass is 32.2. The van der Waals surface area contributed by atoms with Crippen LogP contribution in [0.25, 0.3) is 0 Å². The van der Waals surface area contributed by atoms with Crippen molar-refractivity contribution in [3.63, 3.8) is 0 Å². The number of nitrogens with two attached hydrogens (primary N) is 2. The van der Waals surface area contributed by atoms with Gasteiger partial charge in [-0.2, -0.15) is 24.4 Å². The molecule has 111 heavy (non-hydrogen) atoms. The van der Waals surface area contributed by atoms with Crippen molar-refractivity contribution < 1.29 is 92.3 Å². The van der Waals surface area contributed by atoms with Crippen LogP contribution in [0.4, 0.5) is 0 Å². The van der Waals surface area contributed by atoms with Gasteiger partial charge in [0.1, 0.15) is 78.3 Å². The zero-order valence-corrected chi connectivity index (χ0v) is 66.5. The summed E-state index contributed by atoms with van der Waals surface area (Å²) < 4.78 is 0. The molecule has 14 atom stereocenters. The number of aliphatic hydroxyl groups is 1. The molecule has 0 saturated carbocycles. The number of carbonyl (C=O) groups is 15. The number of aliphatic carboxylic acids is 2. The van der Waals surface area contributed by atoms with Crippen LogP contribution in [-0.2, 0) is 91.2 Å². The SMILES string of the molecule is CC[C@H](C)[C@H](N)C(=O)N[C@@H](CO)C(=O)N[C@@H](Cc1ccccc1)C(=O)N[C@@H](CCC(N)=O)C(=O)N[C@@H](CC(C)C)C(=O)N[C@@H](CCSC)C(=O)N[C@@H](CC(C)C)C(=O)N[C@@H](CS)C(=O)N[C@H](C(=O)N[C@@H](CC(C)C)C(=O)N[C@@H](CC(=O)O)C(=O)N[C@@H](Cc1ccc(O)cc1)C(=O)N[C@@H](Cc1ccccc1)C(=O)O)C(C)C. The molecular formula is C76H114N14O19S2. The third kappa shape index (κ3) is 34.5. The zero-order valence-electron chi connectivity index (χ0n) is 64.8. The number of aromatic hydroxyl groups is 1. The Kier molecular flexibility index (Phi) is 41.8. The molecular weight excluding hydrogens is 1480 g/mol. The van der Waals surface area contributed by atoms with Crippen molar-refractivity contribution in [2.75, 3.05) is 24.4 Å². The number of nitrogens with one attached hydrogen (secondary N) is 12. The van der Waals surface area contributed by atoms with E-state index in [1.807, 2.05) is 6.92 Å². The lowest BCUT2D eigenvalue weighted by Crippen LogP contribution is -2.62. The van der Waals surface area contributed by atoms with Gasteiger partial charge in [-0.1, -0.05) is 148 Å². The average Bonchev–Trinajstić information content (AvgIpc) is 0.854. The molecule has 0 fully saturated rings. The number of hydrogen-bond acceptors (Lipinski definition) is 20. The van der Waals surface area contributed by atoms with Gasteiger partial charge in [0.2, 0.25) is 76.8 Å². The smallest absolute Gasteiger partial charge is 0.326 e. The maximum atomic E-state index is 14.5. The van der Waals surface area contributed by atoms with E-state index in [4.69, 9.17) is 11.5 Å². The van der Waals surface area contributed by atoms with Crippen LogP contribution in [0, 0.1) is 29.6 Å². The van der Waals surface area contributed by atoms with Gasteiger partial charge in [0, 0.05) is 31.4 Å². The first-order valence-electron chi connectivity index (χ1n) is 37.0. The summed E-state index contributed by atoms with van der Waals surface area (Å²) in [6, 6.07) is 3.15. The number of hydrogen-bond donors (Lipinski definition) is 19. The number of thiol groups is 1. The number of phenols is 1. The Bertz CT molecular complexity index is 3600. The lowest BCUT2D eigenvalue weighted by atomic mass is 9.99. The summed E-state index contributed by atoms with van der Waals surface area (Å²) in [6.45, 7) is 16.2. The van der Waals surface area contributed by atoms with E-state index in [9.17, 15) is 92.3 Å². The molecule has 20 N–H and O–H groups in total. The molecule has 13 amide bonds. The predicted octanol–water partition coefficient (Wildman–Crippen LogP) is -0.0946. The van der Waals surface area contributed by atoms with Gasteiger partial charge in [-0.3, -0.25) is 67.1 Å². The third-order valence-electron chi connectivity index (χ3n) is 17.8. The zero-order chi connectivity index (χ0) is 83.4. The number of benzene rings is 3. The fraction of sp³-hybridized carbons (Fsp3) is 0.566. The second-order valence-corrected chi connectivity index (χ2v) is 30.4. The van der Waals surface area contributed by atoms with Crippen LogP contribution >= 0.6 is 24.4 Å². The van der Waals surface area contributed by atoms with Gasteiger partial charge in [0.25, 0.3) is 0 Å². The van der Waals surface area contributed by atoms with E-state index in [-0.39, 0.29) is 86.5 Å². The molecule has 614 valence electrons. The predicted molar refractivity (Wildman–Crippen MR) is 418 cm³/mol. The van der Waals surface area contributed by atoms with Crippen LogP contribution < -0.4 is 75.3 Å². The Hall–Kier alpha value is -9.87. The molecule has 35 heteroatoms. The van der Waals surface area contributed by atoms with Gasteiger partial charge in [-0.15, -0.1) is 0 Å². The second kappa shape index (κ2) is 48.7. The highest BCUT2D eigenvalue weighted by Gasteiger charge is 2.39. The molecule has 3 aromatic rings. The number of rotatable bonds is 50. The minimum absolute atomic E-state index is 0.00963. The van der Waals surface area contributed by atoms with E-state index >= 15 is 0 Å². The molecule has 3 aromatic carbocycles. The summed E-state index contributed by atoms with van der Waals surface area (Å²) in [4.78, 5) is 207. The van der Waals surface area contributed by atoms with Crippen molar-refractivity contribution in [1.82, 2.24) is 63.8 Å². The van der Waals surface area contributed by atoms with E-state index in [2.05, 4.69) is 76.4 Å². The molecule has 0 saturated heterocycles. The van der Waals surface area contributed by atoms with Crippen molar-refractivity contribution >= 4 is 113 Å². The Labute approximate surface area is 657 Å². The average molecular weight is 1590 g/mol. The third-order valence-corrected chi connectivity index (χ3v) is 18.9. The Morgan fingerprint density at radius 1 is 0.423 bits per heavy atom. The standard InChI is InChI=1S/C76H114N14O19S2/c1-12-44(10)62(78)74(106)88-58(38-91)72(104)84-54(34-45-19-15-13-16-20-45)69(101)79-49(27-28-60(77)93)64(96)81-51(31-40(2)3)66(98)80-50(29-30-111-11)65(97)82-52(32-41(4)5)68(100)89-59(39-110)73(105)90-63(43(8)9)75(107)86-53(33-42(6)7)67(99)85-56(37-61(94)95)71(103)83-55(35-47-23-25-48(92)26-24-47)70(102)87-57(76(108)109)36-46-21-17-14-18-22-46/h13-26,40-44,49-59,62-63,91-92,110H,12,27-39,78H2,1-11H3,(H2,77,93)(H,79,101)(H,80,98)(H,81,96)(H,82,97)(H,83,103)(H,84,104)(H,85,99)(H,86,107)(H,87,102)(H,88,106)(H,89,100)(H,90,105)(H,94,95)(H,108,109)/t44-,49-,50-,51-,52-,53-,54-,55-,56-,57-,58-,59-,62-,63-/m0/s1. The van der Waals surface area contributed by atoms with E-state index in [0.717, 1.165) is 0 Å². The monoisotopic (exact) mass is 1590 g/mol. The van der Waals surface area contributed by atoms with Gasteiger partial charge in [0.15, 0.2) is 0 Å². The van der Waals surface area contributed by atoms with Crippen LogP contribution in [-0.4, -0.2) is 212 Å². The Balaban J connectivity index is 1.88. The molecule has 0 bridgehead atoms.